The maximum absolute atomic E-state index is 11.8. The zero-order chi connectivity index (χ0) is 12.8. The number of benzene rings is 1. The predicted octanol–water partition coefficient (Wildman–Crippen LogP) is 2.04. The third-order valence-electron chi connectivity index (χ3n) is 3.55. The van der Waals surface area contributed by atoms with Crippen molar-refractivity contribution < 1.29 is 9.90 Å². The van der Waals surface area contributed by atoms with Crippen LogP contribution in [0.2, 0.25) is 0 Å². The van der Waals surface area contributed by atoms with Gasteiger partial charge in [0.2, 0.25) is 5.91 Å². The molecule has 0 spiro atoms. The smallest absolute Gasteiger partial charge is 0.220 e. The van der Waals surface area contributed by atoms with Gasteiger partial charge in [0.25, 0.3) is 0 Å². The number of aryl methyl sites for hydroxylation is 1. The molecule has 0 heterocycles. The summed E-state index contributed by atoms with van der Waals surface area (Å²) >= 11 is 0. The van der Waals surface area contributed by atoms with Crippen LogP contribution >= 0.6 is 0 Å². The highest BCUT2D eigenvalue weighted by Gasteiger charge is 2.20. The maximum atomic E-state index is 11.8. The minimum atomic E-state index is -0.164. The zero-order valence-corrected chi connectivity index (χ0v) is 10.6. The number of aliphatic hydroxyl groups excluding tert-OH is 1. The lowest BCUT2D eigenvalue weighted by Gasteiger charge is -2.26. The molecule has 0 aliphatic heterocycles. The van der Waals surface area contributed by atoms with Gasteiger partial charge < -0.3 is 10.4 Å². The van der Waals surface area contributed by atoms with E-state index < -0.39 is 0 Å². The summed E-state index contributed by atoms with van der Waals surface area (Å²) in [5, 5.41) is 12.5. The van der Waals surface area contributed by atoms with Crippen LogP contribution in [0.5, 0.6) is 0 Å². The molecule has 1 aromatic carbocycles. The lowest BCUT2D eigenvalue weighted by molar-refractivity contribution is -0.122. The monoisotopic (exact) mass is 247 g/mol. The normalized spacial score (nSPS) is 23.6. The van der Waals surface area contributed by atoms with Crippen molar-refractivity contribution in [3.8, 4) is 0 Å². The molecular formula is C15H21NO2. The molecule has 0 atom stereocenters. The molecule has 1 amide bonds. The highest BCUT2D eigenvalue weighted by molar-refractivity contribution is 5.76. The van der Waals surface area contributed by atoms with Crippen molar-refractivity contribution in [2.75, 3.05) is 0 Å². The van der Waals surface area contributed by atoms with E-state index in [1.165, 1.54) is 5.56 Å². The van der Waals surface area contributed by atoms with Crippen molar-refractivity contribution >= 4 is 5.91 Å². The lowest BCUT2D eigenvalue weighted by Crippen LogP contribution is -2.38. The van der Waals surface area contributed by atoms with Gasteiger partial charge >= 0.3 is 0 Å². The molecule has 2 N–H and O–H groups in total. The molecule has 1 aromatic rings. The van der Waals surface area contributed by atoms with Crippen molar-refractivity contribution in [1.29, 1.82) is 0 Å². The fraction of sp³-hybridized carbons (Fsp3) is 0.533. The standard InChI is InChI=1S/C15H21NO2/c17-14-9-7-13(8-10-14)16-15(18)11-6-12-4-2-1-3-5-12/h1-5,13-14,17H,6-11H2,(H,16,18). The summed E-state index contributed by atoms with van der Waals surface area (Å²) < 4.78 is 0. The number of carbonyl (C=O) groups is 1. The summed E-state index contributed by atoms with van der Waals surface area (Å²) in [6.45, 7) is 0. The highest BCUT2D eigenvalue weighted by atomic mass is 16.3. The SMILES string of the molecule is O=C(CCc1ccccc1)NC1CCC(O)CC1. The first-order valence-electron chi connectivity index (χ1n) is 6.75. The molecule has 0 aromatic heterocycles. The highest BCUT2D eigenvalue weighted by Crippen LogP contribution is 2.18. The molecule has 0 saturated heterocycles. The Balaban J connectivity index is 1.69. The second-order valence-electron chi connectivity index (χ2n) is 5.06. The van der Waals surface area contributed by atoms with E-state index in [2.05, 4.69) is 5.32 Å². The van der Waals surface area contributed by atoms with Gasteiger partial charge in [-0.05, 0) is 37.7 Å². The second kappa shape index (κ2) is 6.55. The van der Waals surface area contributed by atoms with Crippen LogP contribution in [-0.2, 0) is 11.2 Å². The topological polar surface area (TPSA) is 49.3 Å². The number of hydrogen-bond acceptors (Lipinski definition) is 2. The van der Waals surface area contributed by atoms with Crippen LogP contribution in [0.15, 0.2) is 30.3 Å². The molecule has 0 unspecified atom stereocenters. The van der Waals surface area contributed by atoms with Gasteiger partial charge in [0.15, 0.2) is 0 Å². The van der Waals surface area contributed by atoms with E-state index in [-0.39, 0.29) is 18.1 Å². The summed E-state index contributed by atoms with van der Waals surface area (Å²) in [7, 11) is 0. The predicted molar refractivity (Wildman–Crippen MR) is 71.2 cm³/mol. The van der Waals surface area contributed by atoms with Gasteiger partial charge in [-0.3, -0.25) is 4.79 Å². The van der Waals surface area contributed by atoms with E-state index in [9.17, 15) is 9.90 Å². The number of hydrogen-bond donors (Lipinski definition) is 2. The Morgan fingerprint density at radius 1 is 1.17 bits per heavy atom. The van der Waals surface area contributed by atoms with Crippen LogP contribution in [0.25, 0.3) is 0 Å². The molecule has 1 fully saturated rings. The molecule has 0 bridgehead atoms. The van der Waals surface area contributed by atoms with Gasteiger partial charge in [-0.15, -0.1) is 0 Å². The molecule has 3 heteroatoms. The van der Waals surface area contributed by atoms with Gasteiger partial charge in [0.05, 0.1) is 6.10 Å². The van der Waals surface area contributed by atoms with Crippen LogP contribution in [0.3, 0.4) is 0 Å². The Morgan fingerprint density at radius 2 is 1.83 bits per heavy atom. The van der Waals surface area contributed by atoms with E-state index >= 15 is 0 Å². The van der Waals surface area contributed by atoms with Crippen LogP contribution < -0.4 is 5.32 Å². The van der Waals surface area contributed by atoms with Crippen molar-refractivity contribution in [3.63, 3.8) is 0 Å². The average molecular weight is 247 g/mol. The van der Waals surface area contributed by atoms with E-state index in [0.717, 1.165) is 32.1 Å². The van der Waals surface area contributed by atoms with E-state index in [1.807, 2.05) is 30.3 Å². The number of aliphatic hydroxyl groups is 1. The number of rotatable bonds is 4. The fourth-order valence-electron chi connectivity index (χ4n) is 2.42. The van der Waals surface area contributed by atoms with Gasteiger partial charge in [0, 0.05) is 12.5 Å². The number of carbonyl (C=O) groups excluding carboxylic acids is 1. The minimum absolute atomic E-state index is 0.125. The molecule has 18 heavy (non-hydrogen) atoms. The van der Waals surface area contributed by atoms with Crippen molar-refractivity contribution in [1.82, 2.24) is 5.32 Å². The third kappa shape index (κ3) is 4.15. The van der Waals surface area contributed by atoms with Crippen LogP contribution in [-0.4, -0.2) is 23.2 Å². The summed E-state index contributed by atoms with van der Waals surface area (Å²) in [6, 6.07) is 10.3. The molecular weight excluding hydrogens is 226 g/mol. The quantitative estimate of drug-likeness (QED) is 0.855. The van der Waals surface area contributed by atoms with Gasteiger partial charge in [0.1, 0.15) is 0 Å². The summed E-state index contributed by atoms with van der Waals surface area (Å²) in [5.74, 6) is 0.125. The lowest BCUT2D eigenvalue weighted by atomic mass is 9.93. The average Bonchev–Trinajstić information content (AvgIpc) is 2.40. The van der Waals surface area contributed by atoms with Gasteiger partial charge in [-0.25, -0.2) is 0 Å². The van der Waals surface area contributed by atoms with Crippen molar-refractivity contribution in [3.05, 3.63) is 35.9 Å². The summed E-state index contributed by atoms with van der Waals surface area (Å²) in [6.07, 6.45) is 4.59. The summed E-state index contributed by atoms with van der Waals surface area (Å²) in [5.41, 5.74) is 1.20. The van der Waals surface area contributed by atoms with Crippen LogP contribution in [0, 0.1) is 0 Å². The first-order chi connectivity index (χ1) is 8.74. The molecule has 1 saturated carbocycles. The van der Waals surface area contributed by atoms with E-state index in [0.29, 0.717) is 6.42 Å². The Hall–Kier alpha value is -1.35. The molecule has 3 nitrogen and oxygen atoms in total. The number of amides is 1. The van der Waals surface area contributed by atoms with Gasteiger partial charge in [-0.2, -0.15) is 0 Å². The van der Waals surface area contributed by atoms with E-state index in [4.69, 9.17) is 0 Å². The largest absolute Gasteiger partial charge is 0.393 e. The van der Waals surface area contributed by atoms with Crippen LogP contribution in [0.1, 0.15) is 37.7 Å². The van der Waals surface area contributed by atoms with Crippen molar-refractivity contribution in [2.24, 2.45) is 0 Å². The van der Waals surface area contributed by atoms with Crippen LogP contribution in [0.4, 0.5) is 0 Å². The summed E-state index contributed by atoms with van der Waals surface area (Å²) in [4.78, 5) is 11.8. The molecule has 2 rings (SSSR count). The van der Waals surface area contributed by atoms with E-state index in [1.54, 1.807) is 0 Å². The second-order valence-corrected chi connectivity index (χ2v) is 5.06. The first-order valence-corrected chi connectivity index (χ1v) is 6.75. The molecule has 1 aliphatic carbocycles. The Labute approximate surface area is 108 Å². The molecule has 1 aliphatic rings. The Kier molecular flexibility index (Phi) is 4.76. The Bertz CT molecular complexity index is 369. The van der Waals surface area contributed by atoms with Crippen molar-refractivity contribution in [2.45, 2.75) is 50.7 Å². The van der Waals surface area contributed by atoms with Gasteiger partial charge in [-0.1, -0.05) is 30.3 Å². The first kappa shape index (κ1) is 13.1. The zero-order valence-electron chi connectivity index (χ0n) is 10.6. The third-order valence-corrected chi connectivity index (χ3v) is 3.55. The fourth-order valence-corrected chi connectivity index (χ4v) is 2.42. The number of nitrogens with one attached hydrogen (secondary N) is 1. The maximum Gasteiger partial charge on any atom is 0.220 e. The minimum Gasteiger partial charge on any atom is -0.393 e. The Morgan fingerprint density at radius 3 is 2.50 bits per heavy atom. The molecule has 98 valence electrons. The molecule has 0 radical (unpaired) electrons.